The average Bonchev–Trinajstić information content (AvgIpc) is 3.20. The minimum atomic E-state index is 0.161. The molecule has 0 amide bonds. The number of aryl methyl sites for hydroxylation is 1. The lowest BCUT2D eigenvalue weighted by atomic mass is 10.00. The number of nitrogens with zero attached hydrogens (tertiary/aromatic N) is 5. The van der Waals surface area contributed by atoms with E-state index in [1.807, 2.05) is 4.68 Å². The molecular weight excluding hydrogens is 328 g/mol. The normalized spacial score (nSPS) is 23.9. The number of ether oxygens (including phenoxy) is 1. The molecule has 2 aliphatic heterocycles. The van der Waals surface area contributed by atoms with Crippen LogP contribution in [0.2, 0.25) is 5.15 Å². The van der Waals surface area contributed by atoms with Crippen LogP contribution in [0.25, 0.3) is 0 Å². The highest BCUT2D eigenvalue weighted by molar-refractivity contribution is 6.30. The summed E-state index contributed by atoms with van der Waals surface area (Å²) in [6.45, 7) is 5.43. The highest BCUT2D eigenvalue weighted by atomic mass is 35.5. The minimum Gasteiger partial charge on any atom is -0.368 e. The molecule has 2 aromatic rings. The van der Waals surface area contributed by atoms with E-state index in [0.717, 1.165) is 62.5 Å². The Morgan fingerprint density at radius 3 is 3.25 bits per heavy atom. The number of imidazole rings is 1. The summed E-state index contributed by atoms with van der Waals surface area (Å²) in [6.07, 6.45) is 6.21. The first-order chi connectivity index (χ1) is 11.7. The fraction of sp³-hybridized carbons (Fsp3) is 0.688. The molecule has 0 radical (unpaired) electrons. The Balaban J connectivity index is 1.40. The molecule has 2 aromatic heterocycles. The van der Waals surface area contributed by atoms with Crippen LogP contribution in [-0.4, -0.2) is 49.1 Å². The zero-order valence-corrected chi connectivity index (χ0v) is 14.7. The van der Waals surface area contributed by atoms with Crippen LogP contribution in [0.1, 0.15) is 49.4 Å². The molecule has 0 unspecified atom stereocenters. The molecule has 4 heterocycles. The second kappa shape index (κ2) is 6.82. The van der Waals surface area contributed by atoms with E-state index in [1.54, 1.807) is 6.20 Å². The van der Waals surface area contributed by atoms with E-state index in [-0.39, 0.29) is 6.10 Å². The predicted molar refractivity (Wildman–Crippen MR) is 89.7 cm³/mol. The van der Waals surface area contributed by atoms with Gasteiger partial charge in [-0.1, -0.05) is 30.2 Å². The van der Waals surface area contributed by atoms with Gasteiger partial charge in [-0.3, -0.25) is 4.90 Å². The second-order valence-electron chi connectivity index (χ2n) is 6.67. The number of likely N-dealkylation sites (tertiary alicyclic amines) is 1. The molecule has 2 aliphatic rings. The molecule has 4 rings (SSSR count). The third-order valence-corrected chi connectivity index (χ3v) is 5.26. The van der Waals surface area contributed by atoms with Gasteiger partial charge in [-0.2, -0.15) is 0 Å². The lowest BCUT2D eigenvalue weighted by Crippen LogP contribution is -2.48. The van der Waals surface area contributed by atoms with Crippen molar-refractivity contribution in [2.45, 2.75) is 57.9 Å². The molecule has 0 bridgehead atoms. The zero-order valence-electron chi connectivity index (χ0n) is 13.9. The maximum atomic E-state index is 6.31. The van der Waals surface area contributed by atoms with E-state index in [4.69, 9.17) is 16.3 Å². The fourth-order valence-electron chi connectivity index (χ4n) is 3.63. The number of piperidine rings is 1. The van der Waals surface area contributed by atoms with Crippen molar-refractivity contribution in [2.75, 3.05) is 13.1 Å². The summed E-state index contributed by atoms with van der Waals surface area (Å²) in [5.74, 6) is 0.993. The van der Waals surface area contributed by atoms with E-state index < -0.39 is 0 Å². The molecule has 7 nitrogen and oxygen atoms in total. The summed E-state index contributed by atoms with van der Waals surface area (Å²) in [5.41, 5.74) is 2.08. The molecule has 1 N–H and O–H groups in total. The third-order valence-electron chi connectivity index (χ3n) is 4.94. The predicted octanol–water partition coefficient (Wildman–Crippen LogP) is 2.34. The number of hydrogen-bond acceptors (Lipinski definition) is 5. The number of nitrogens with one attached hydrogen (secondary N) is 1. The van der Waals surface area contributed by atoms with Gasteiger partial charge < -0.3 is 9.72 Å². The van der Waals surface area contributed by atoms with Crippen molar-refractivity contribution in [2.24, 2.45) is 0 Å². The van der Waals surface area contributed by atoms with Crippen LogP contribution in [0.3, 0.4) is 0 Å². The highest BCUT2D eigenvalue weighted by Gasteiger charge is 2.36. The van der Waals surface area contributed by atoms with E-state index in [9.17, 15) is 0 Å². The van der Waals surface area contributed by atoms with Crippen LogP contribution < -0.4 is 0 Å². The van der Waals surface area contributed by atoms with Gasteiger partial charge in [0.2, 0.25) is 0 Å². The van der Waals surface area contributed by atoms with Crippen molar-refractivity contribution < 1.29 is 4.74 Å². The molecule has 0 saturated carbocycles. The monoisotopic (exact) mass is 350 g/mol. The number of unbranched alkanes of at least 4 members (excludes halogenated alkanes) is 1. The smallest absolute Gasteiger partial charge is 0.151 e. The Hall–Kier alpha value is -1.44. The number of fused-ring (bicyclic) bond motifs is 3. The molecule has 8 heteroatoms. The van der Waals surface area contributed by atoms with Gasteiger partial charge in [-0.05, 0) is 12.8 Å². The topological polar surface area (TPSA) is 71.9 Å². The fourth-order valence-corrected chi connectivity index (χ4v) is 3.83. The summed E-state index contributed by atoms with van der Waals surface area (Å²) in [6, 6.07) is 0.296. The standard InChI is InChI=1S/C16H23ClN6O/c1-2-3-4-15-19-12(16(17)20-15)8-22-6-5-13-14(9-22)24-10-11-7-18-21-23(11)13/h7,13-14H,2-6,8-10H2,1H3,(H,19,20)/t13-,14-/m0/s1. The van der Waals surface area contributed by atoms with Crippen LogP contribution in [0.15, 0.2) is 6.20 Å². The zero-order chi connectivity index (χ0) is 16.5. The molecule has 2 atom stereocenters. The Morgan fingerprint density at radius 2 is 2.38 bits per heavy atom. The molecule has 24 heavy (non-hydrogen) atoms. The Bertz CT molecular complexity index is 699. The van der Waals surface area contributed by atoms with E-state index in [1.165, 1.54) is 0 Å². The first-order valence-corrected chi connectivity index (χ1v) is 9.08. The SMILES string of the molecule is CCCCc1nc(Cl)c(CN2CC[C@H]3[C@H](C2)OCc2cnnn23)[nH]1. The molecule has 1 saturated heterocycles. The minimum absolute atomic E-state index is 0.161. The van der Waals surface area contributed by atoms with Crippen molar-refractivity contribution in [3.05, 3.63) is 28.6 Å². The van der Waals surface area contributed by atoms with Gasteiger partial charge in [0.05, 0.1) is 36.3 Å². The number of rotatable bonds is 5. The molecular formula is C16H23ClN6O. The van der Waals surface area contributed by atoms with Gasteiger partial charge >= 0.3 is 0 Å². The Labute approximate surface area is 146 Å². The van der Waals surface area contributed by atoms with E-state index in [2.05, 4.69) is 32.1 Å². The largest absolute Gasteiger partial charge is 0.368 e. The lowest BCUT2D eigenvalue weighted by Gasteiger charge is -2.40. The van der Waals surface area contributed by atoms with Crippen molar-refractivity contribution in [1.82, 2.24) is 29.9 Å². The number of aromatic nitrogens is 5. The lowest BCUT2D eigenvalue weighted by molar-refractivity contribution is -0.0706. The number of H-pyrrole nitrogens is 1. The molecule has 0 aliphatic carbocycles. The molecule has 130 valence electrons. The van der Waals surface area contributed by atoms with Gasteiger partial charge in [0, 0.05) is 26.1 Å². The van der Waals surface area contributed by atoms with Crippen LogP contribution >= 0.6 is 11.6 Å². The van der Waals surface area contributed by atoms with Crippen LogP contribution in [0.4, 0.5) is 0 Å². The molecule has 0 spiro atoms. The first kappa shape index (κ1) is 16.1. The summed E-state index contributed by atoms with van der Waals surface area (Å²) < 4.78 is 8.06. The summed E-state index contributed by atoms with van der Waals surface area (Å²) >= 11 is 6.31. The van der Waals surface area contributed by atoms with Gasteiger partial charge in [-0.25, -0.2) is 9.67 Å². The van der Waals surface area contributed by atoms with E-state index in [0.29, 0.717) is 17.8 Å². The van der Waals surface area contributed by atoms with Crippen molar-refractivity contribution in [1.29, 1.82) is 0 Å². The quantitative estimate of drug-likeness (QED) is 0.896. The van der Waals surface area contributed by atoms with Gasteiger partial charge in [-0.15, -0.1) is 5.10 Å². The molecule has 0 aromatic carbocycles. The Kier molecular flexibility index (Phi) is 4.56. The van der Waals surface area contributed by atoms with Crippen LogP contribution in [-0.2, 0) is 24.3 Å². The van der Waals surface area contributed by atoms with Gasteiger partial charge in [0.25, 0.3) is 0 Å². The molecule has 1 fully saturated rings. The second-order valence-corrected chi connectivity index (χ2v) is 7.02. The Morgan fingerprint density at radius 1 is 1.46 bits per heavy atom. The van der Waals surface area contributed by atoms with Crippen LogP contribution in [0, 0.1) is 0 Å². The first-order valence-electron chi connectivity index (χ1n) is 8.71. The van der Waals surface area contributed by atoms with E-state index >= 15 is 0 Å². The highest BCUT2D eigenvalue weighted by Crippen LogP contribution is 2.31. The van der Waals surface area contributed by atoms with Crippen molar-refractivity contribution in [3.63, 3.8) is 0 Å². The third kappa shape index (κ3) is 3.08. The van der Waals surface area contributed by atoms with Gasteiger partial charge in [0.1, 0.15) is 5.82 Å². The number of aromatic amines is 1. The average molecular weight is 351 g/mol. The summed E-state index contributed by atoms with van der Waals surface area (Å²) in [5, 5.41) is 8.84. The maximum Gasteiger partial charge on any atom is 0.151 e. The number of halogens is 1. The maximum absolute atomic E-state index is 6.31. The summed E-state index contributed by atoms with van der Waals surface area (Å²) in [4.78, 5) is 10.2. The summed E-state index contributed by atoms with van der Waals surface area (Å²) in [7, 11) is 0. The number of hydrogen-bond donors (Lipinski definition) is 1. The van der Waals surface area contributed by atoms with Gasteiger partial charge in [0.15, 0.2) is 5.15 Å². The van der Waals surface area contributed by atoms with Crippen molar-refractivity contribution >= 4 is 11.6 Å². The van der Waals surface area contributed by atoms with Crippen molar-refractivity contribution in [3.8, 4) is 0 Å². The van der Waals surface area contributed by atoms with Crippen LogP contribution in [0.5, 0.6) is 0 Å².